The standard InChI is InChI=1S/C23H27N3O2S/c1-17(20-11-10-19-6-4-5-7-21(19)16-20)26-23(24-2)25-15-14-18-8-12-22(13-9-18)29(3,27)28/h4-13,16-17H,14-15H2,1-3H3,(H2,24,25,26). The van der Waals surface area contributed by atoms with E-state index in [4.69, 9.17) is 0 Å². The second-order valence-corrected chi connectivity index (χ2v) is 9.15. The number of hydrogen-bond donors (Lipinski definition) is 2. The van der Waals surface area contributed by atoms with Crippen LogP contribution in [0.1, 0.15) is 24.1 Å². The molecule has 0 radical (unpaired) electrons. The zero-order chi connectivity index (χ0) is 20.9. The Hall–Kier alpha value is -2.86. The molecular formula is C23H27N3O2S. The highest BCUT2D eigenvalue weighted by molar-refractivity contribution is 7.90. The molecule has 0 aliphatic heterocycles. The van der Waals surface area contributed by atoms with Gasteiger partial charge in [0, 0.05) is 19.8 Å². The van der Waals surface area contributed by atoms with Gasteiger partial charge >= 0.3 is 0 Å². The van der Waals surface area contributed by atoms with Crippen molar-refractivity contribution in [2.24, 2.45) is 4.99 Å². The molecule has 0 aliphatic rings. The Labute approximate surface area is 172 Å². The van der Waals surface area contributed by atoms with Crippen molar-refractivity contribution in [2.75, 3.05) is 19.8 Å². The van der Waals surface area contributed by atoms with Crippen molar-refractivity contribution in [3.63, 3.8) is 0 Å². The fraction of sp³-hybridized carbons (Fsp3) is 0.261. The highest BCUT2D eigenvalue weighted by Crippen LogP contribution is 2.20. The first-order valence-corrected chi connectivity index (χ1v) is 11.5. The normalized spacial score (nSPS) is 13.3. The van der Waals surface area contributed by atoms with Crippen molar-refractivity contribution < 1.29 is 8.42 Å². The Kier molecular flexibility index (Phi) is 6.54. The first-order chi connectivity index (χ1) is 13.9. The Morgan fingerprint density at radius 1 is 1.00 bits per heavy atom. The largest absolute Gasteiger partial charge is 0.356 e. The number of nitrogens with zero attached hydrogens (tertiary/aromatic N) is 1. The van der Waals surface area contributed by atoms with Gasteiger partial charge in [0.05, 0.1) is 10.9 Å². The molecule has 0 amide bonds. The summed E-state index contributed by atoms with van der Waals surface area (Å²) in [6.07, 6.45) is 1.99. The van der Waals surface area contributed by atoms with Gasteiger partial charge in [-0.1, -0.05) is 48.5 Å². The van der Waals surface area contributed by atoms with Crippen LogP contribution in [0.4, 0.5) is 0 Å². The zero-order valence-electron chi connectivity index (χ0n) is 17.0. The first kappa shape index (κ1) is 20.9. The van der Waals surface area contributed by atoms with Crippen LogP contribution in [0.25, 0.3) is 10.8 Å². The van der Waals surface area contributed by atoms with Gasteiger partial charge in [-0.05, 0) is 53.4 Å². The highest BCUT2D eigenvalue weighted by atomic mass is 32.2. The summed E-state index contributed by atoms with van der Waals surface area (Å²) in [6.45, 7) is 2.81. The third-order valence-electron chi connectivity index (χ3n) is 4.91. The van der Waals surface area contributed by atoms with Crippen LogP contribution in [0.3, 0.4) is 0 Å². The van der Waals surface area contributed by atoms with Crippen LogP contribution in [-0.4, -0.2) is 34.2 Å². The lowest BCUT2D eigenvalue weighted by Crippen LogP contribution is -2.39. The predicted molar refractivity (Wildman–Crippen MR) is 120 cm³/mol. The summed E-state index contributed by atoms with van der Waals surface area (Å²) >= 11 is 0. The molecule has 0 spiro atoms. The Balaban J connectivity index is 1.56. The number of guanidine groups is 1. The van der Waals surface area contributed by atoms with Crippen LogP contribution in [0.15, 0.2) is 76.6 Å². The van der Waals surface area contributed by atoms with E-state index in [1.165, 1.54) is 22.6 Å². The molecule has 3 aromatic carbocycles. The monoisotopic (exact) mass is 409 g/mol. The number of rotatable bonds is 6. The van der Waals surface area contributed by atoms with Gasteiger partial charge in [-0.3, -0.25) is 4.99 Å². The van der Waals surface area contributed by atoms with E-state index in [0.29, 0.717) is 11.4 Å². The van der Waals surface area contributed by atoms with Crippen LogP contribution < -0.4 is 10.6 Å². The molecule has 5 nitrogen and oxygen atoms in total. The molecule has 3 rings (SSSR count). The van der Waals surface area contributed by atoms with E-state index >= 15 is 0 Å². The lowest BCUT2D eigenvalue weighted by molar-refractivity contribution is 0.602. The third kappa shape index (κ3) is 5.57. The molecule has 2 N–H and O–H groups in total. The maximum Gasteiger partial charge on any atom is 0.191 e. The maximum atomic E-state index is 11.5. The van der Waals surface area contributed by atoms with E-state index in [1.807, 2.05) is 24.3 Å². The van der Waals surface area contributed by atoms with E-state index in [0.717, 1.165) is 17.9 Å². The second-order valence-electron chi connectivity index (χ2n) is 7.14. The van der Waals surface area contributed by atoms with Crippen LogP contribution in [-0.2, 0) is 16.3 Å². The van der Waals surface area contributed by atoms with Crippen molar-refractivity contribution in [2.45, 2.75) is 24.3 Å². The van der Waals surface area contributed by atoms with Gasteiger partial charge in [0.2, 0.25) is 0 Å². The average Bonchev–Trinajstić information content (AvgIpc) is 2.72. The topological polar surface area (TPSA) is 70.6 Å². The second kappa shape index (κ2) is 9.09. The van der Waals surface area contributed by atoms with Gasteiger partial charge < -0.3 is 10.6 Å². The summed E-state index contributed by atoms with van der Waals surface area (Å²) in [7, 11) is -1.40. The molecule has 0 bridgehead atoms. The maximum absolute atomic E-state index is 11.5. The molecule has 0 heterocycles. The minimum Gasteiger partial charge on any atom is -0.356 e. The molecule has 0 aliphatic carbocycles. The predicted octanol–water partition coefficient (Wildman–Crippen LogP) is 3.71. The molecule has 0 fully saturated rings. The van der Waals surface area contributed by atoms with Crippen LogP contribution in [0.2, 0.25) is 0 Å². The van der Waals surface area contributed by atoms with Gasteiger partial charge in [-0.15, -0.1) is 0 Å². The SMILES string of the molecule is CN=C(NCCc1ccc(S(C)(=O)=O)cc1)NC(C)c1ccc2ccccc2c1. The highest BCUT2D eigenvalue weighted by Gasteiger charge is 2.09. The lowest BCUT2D eigenvalue weighted by atomic mass is 10.0. The molecule has 1 unspecified atom stereocenters. The summed E-state index contributed by atoms with van der Waals surface area (Å²) in [4.78, 5) is 4.65. The first-order valence-electron chi connectivity index (χ1n) is 9.62. The van der Waals surface area contributed by atoms with E-state index in [-0.39, 0.29) is 6.04 Å². The Bertz CT molecular complexity index is 1110. The van der Waals surface area contributed by atoms with Crippen LogP contribution >= 0.6 is 0 Å². The smallest absolute Gasteiger partial charge is 0.191 e. The number of aliphatic imine (C=N–C) groups is 1. The molecule has 0 saturated heterocycles. The number of sulfone groups is 1. The minimum absolute atomic E-state index is 0.111. The molecule has 152 valence electrons. The van der Waals surface area contributed by atoms with Gasteiger partial charge in [0.25, 0.3) is 0 Å². The summed E-state index contributed by atoms with van der Waals surface area (Å²) in [5, 5.41) is 9.19. The number of nitrogens with one attached hydrogen (secondary N) is 2. The van der Waals surface area contributed by atoms with E-state index in [2.05, 4.69) is 52.9 Å². The Morgan fingerprint density at radius 2 is 1.69 bits per heavy atom. The van der Waals surface area contributed by atoms with Gasteiger partial charge in [-0.2, -0.15) is 0 Å². The molecule has 3 aromatic rings. The fourth-order valence-electron chi connectivity index (χ4n) is 3.19. The summed E-state index contributed by atoms with van der Waals surface area (Å²) in [6, 6.07) is 21.9. The van der Waals surface area contributed by atoms with Gasteiger partial charge in [0.15, 0.2) is 15.8 Å². The van der Waals surface area contributed by atoms with Gasteiger partial charge in [0.1, 0.15) is 0 Å². The van der Waals surface area contributed by atoms with E-state index in [1.54, 1.807) is 19.2 Å². The quantitative estimate of drug-likeness (QED) is 0.481. The molecule has 0 saturated carbocycles. The lowest BCUT2D eigenvalue weighted by Gasteiger charge is -2.19. The molecule has 0 aromatic heterocycles. The van der Waals surface area contributed by atoms with Crippen molar-refractivity contribution in [1.29, 1.82) is 0 Å². The van der Waals surface area contributed by atoms with Crippen molar-refractivity contribution >= 4 is 26.6 Å². The molecular weight excluding hydrogens is 382 g/mol. The summed E-state index contributed by atoms with van der Waals surface area (Å²) in [5.74, 6) is 0.735. The number of hydrogen-bond acceptors (Lipinski definition) is 3. The van der Waals surface area contributed by atoms with E-state index < -0.39 is 9.84 Å². The third-order valence-corrected chi connectivity index (χ3v) is 6.04. The molecule has 29 heavy (non-hydrogen) atoms. The molecule has 1 atom stereocenters. The van der Waals surface area contributed by atoms with Crippen molar-refractivity contribution in [3.8, 4) is 0 Å². The minimum atomic E-state index is -3.16. The average molecular weight is 410 g/mol. The summed E-state index contributed by atoms with van der Waals surface area (Å²) < 4.78 is 23.1. The zero-order valence-corrected chi connectivity index (χ0v) is 17.8. The summed E-state index contributed by atoms with van der Waals surface area (Å²) in [5.41, 5.74) is 2.27. The van der Waals surface area contributed by atoms with Crippen LogP contribution in [0, 0.1) is 0 Å². The Morgan fingerprint density at radius 3 is 2.34 bits per heavy atom. The number of benzene rings is 3. The van der Waals surface area contributed by atoms with E-state index in [9.17, 15) is 8.42 Å². The molecule has 6 heteroatoms. The fourth-order valence-corrected chi connectivity index (χ4v) is 3.82. The van der Waals surface area contributed by atoms with Crippen LogP contribution in [0.5, 0.6) is 0 Å². The van der Waals surface area contributed by atoms with Gasteiger partial charge in [-0.25, -0.2) is 8.42 Å². The number of fused-ring (bicyclic) bond motifs is 1. The van der Waals surface area contributed by atoms with Crippen molar-refractivity contribution in [1.82, 2.24) is 10.6 Å². The van der Waals surface area contributed by atoms with Crippen molar-refractivity contribution in [3.05, 3.63) is 77.9 Å².